The summed E-state index contributed by atoms with van der Waals surface area (Å²) in [6, 6.07) is 17.9. The largest absolute Gasteiger partial charge is 0.484 e. The zero-order chi connectivity index (χ0) is 20.1. The number of nitrogens with zero attached hydrogens (tertiary/aromatic N) is 2. The van der Waals surface area contributed by atoms with E-state index in [-0.39, 0.29) is 18.6 Å². The number of benzene rings is 2. The van der Waals surface area contributed by atoms with Gasteiger partial charge in [-0.15, -0.1) is 0 Å². The molecule has 1 aromatic heterocycles. The zero-order valence-corrected chi connectivity index (χ0v) is 16.5. The second-order valence-corrected chi connectivity index (χ2v) is 7.23. The molecule has 0 radical (unpaired) electrons. The number of rotatable bonds is 6. The lowest BCUT2D eigenvalue weighted by Crippen LogP contribution is -2.41. The highest BCUT2D eigenvalue weighted by Gasteiger charge is 2.17. The molecule has 150 valence electrons. The van der Waals surface area contributed by atoms with E-state index in [4.69, 9.17) is 9.47 Å². The first-order valence-corrected chi connectivity index (χ1v) is 9.87. The molecule has 2 heterocycles. The van der Waals surface area contributed by atoms with Crippen LogP contribution in [0, 0.1) is 0 Å². The summed E-state index contributed by atoms with van der Waals surface area (Å²) in [4.78, 5) is 18.9. The van der Waals surface area contributed by atoms with Crippen LogP contribution in [0.25, 0.3) is 10.8 Å². The van der Waals surface area contributed by atoms with Gasteiger partial charge < -0.3 is 19.7 Å². The summed E-state index contributed by atoms with van der Waals surface area (Å²) >= 11 is 0. The quantitative estimate of drug-likeness (QED) is 0.699. The van der Waals surface area contributed by atoms with E-state index < -0.39 is 0 Å². The van der Waals surface area contributed by atoms with Gasteiger partial charge in [0.2, 0.25) is 0 Å². The van der Waals surface area contributed by atoms with Gasteiger partial charge in [-0.1, -0.05) is 36.4 Å². The van der Waals surface area contributed by atoms with Gasteiger partial charge in [-0.25, -0.2) is 4.98 Å². The maximum atomic E-state index is 12.1. The zero-order valence-electron chi connectivity index (χ0n) is 16.5. The molecule has 29 heavy (non-hydrogen) atoms. The van der Waals surface area contributed by atoms with Gasteiger partial charge in [0.1, 0.15) is 11.6 Å². The van der Waals surface area contributed by atoms with Crippen molar-refractivity contribution in [3.05, 3.63) is 66.4 Å². The number of carbonyl (C=O) groups excluding carboxylic acids is 1. The summed E-state index contributed by atoms with van der Waals surface area (Å²) in [6.45, 7) is 4.88. The molecule has 6 heteroatoms. The molecule has 0 aliphatic carbocycles. The fourth-order valence-corrected chi connectivity index (χ4v) is 3.39. The molecule has 2 aromatic carbocycles. The van der Waals surface area contributed by atoms with Crippen molar-refractivity contribution in [3.63, 3.8) is 0 Å². The van der Waals surface area contributed by atoms with Crippen LogP contribution in [0.5, 0.6) is 5.75 Å². The van der Waals surface area contributed by atoms with E-state index in [2.05, 4.69) is 22.1 Å². The Hall–Kier alpha value is -3.12. The molecule has 1 N–H and O–H groups in total. The third kappa shape index (κ3) is 5.03. The third-order valence-corrected chi connectivity index (χ3v) is 4.95. The monoisotopic (exact) mass is 391 g/mol. The number of aromatic nitrogens is 1. The minimum Gasteiger partial charge on any atom is -0.484 e. The van der Waals surface area contributed by atoms with Crippen LogP contribution in [0.1, 0.15) is 12.5 Å². The average molecular weight is 391 g/mol. The van der Waals surface area contributed by atoms with Crippen molar-refractivity contribution in [2.45, 2.75) is 19.6 Å². The lowest BCUT2D eigenvalue weighted by Gasteiger charge is -2.32. The second kappa shape index (κ2) is 8.92. The highest BCUT2D eigenvalue weighted by molar-refractivity contribution is 5.84. The molecule has 1 aliphatic heterocycles. The van der Waals surface area contributed by atoms with Gasteiger partial charge in [-0.2, -0.15) is 0 Å². The van der Waals surface area contributed by atoms with Crippen LogP contribution >= 0.6 is 0 Å². The van der Waals surface area contributed by atoms with Gasteiger partial charge >= 0.3 is 0 Å². The smallest absolute Gasteiger partial charge is 0.258 e. The van der Waals surface area contributed by atoms with Crippen LogP contribution in [0.15, 0.2) is 60.8 Å². The SMILES string of the molecule is CC1CN(c2ccc(CNC(=O)COc3ccc4ccccc4c3)cn2)CCO1. The van der Waals surface area contributed by atoms with Crippen LogP contribution in [0.4, 0.5) is 5.82 Å². The fraction of sp³-hybridized carbons (Fsp3) is 0.304. The Morgan fingerprint density at radius 2 is 2.07 bits per heavy atom. The van der Waals surface area contributed by atoms with Gasteiger partial charge in [-0.05, 0) is 41.5 Å². The molecule has 3 aromatic rings. The van der Waals surface area contributed by atoms with E-state index in [0.29, 0.717) is 12.3 Å². The van der Waals surface area contributed by atoms with Crippen molar-refractivity contribution in [2.75, 3.05) is 31.2 Å². The van der Waals surface area contributed by atoms with Crippen LogP contribution in [-0.4, -0.2) is 43.3 Å². The van der Waals surface area contributed by atoms with Crippen LogP contribution in [-0.2, 0) is 16.1 Å². The van der Waals surface area contributed by atoms with E-state index in [0.717, 1.165) is 41.9 Å². The molecule has 1 aliphatic rings. The third-order valence-electron chi connectivity index (χ3n) is 4.95. The Morgan fingerprint density at radius 1 is 1.21 bits per heavy atom. The van der Waals surface area contributed by atoms with Crippen molar-refractivity contribution >= 4 is 22.5 Å². The highest BCUT2D eigenvalue weighted by Crippen LogP contribution is 2.20. The van der Waals surface area contributed by atoms with Crippen molar-refractivity contribution < 1.29 is 14.3 Å². The minimum absolute atomic E-state index is 0.0183. The van der Waals surface area contributed by atoms with E-state index in [1.54, 1.807) is 6.20 Å². The van der Waals surface area contributed by atoms with E-state index in [9.17, 15) is 4.79 Å². The molecule has 1 atom stereocenters. The van der Waals surface area contributed by atoms with E-state index >= 15 is 0 Å². The molecule has 1 fully saturated rings. The highest BCUT2D eigenvalue weighted by atomic mass is 16.5. The first kappa shape index (κ1) is 19.2. The molecule has 0 saturated carbocycles. The molecular formula is C23H25N3O3. The summed E-state index contributed by atoms with van der Waals surface area (Å²) in [7, 11) is 0. The number of amides is 1. The van der Waals surface area contributed by atoms with Crippen molar-refractivity contribution in [1.29, 1.82) is 0 Å². The summed E-state index contributed by atoms with van der Waals surface area (Å²) in [5.74, 6) is 1.46. The number of hydrogen-bond donors (Lipinski definition) is 1. The Kier molecular flexibility index (Phi) is 5.91. The Labute approximate surface area is 170 Å². The standard InChI is InChI=1S/C23H25N3O3/c1-17-15-26(10-11-28-17)22-9-6-18(13-24-22)14-25-23(27)16-29-21-8-7-19-4-2-3-5-20(19)12-21/h2-9,12-13,17H,10-11,14-16H2,1H3,(H,25,27). The fourth-order valence-electron chi connectivity index (χ4n) is 3.39. The number of pyridine rings is 1. The number of morpholine rings is 1. The van der Waals surface area contributed by atoms with Gasteiger partial charge in [0.15, 0.2) is 6.61 Å². The van der Waals surface area contributed by atoms with E-state index in [1.807, 2.05) is 54.6 Å². The van der Waals surface area contributed by atoms with Crippen LogP contribution < -0.4 is 15.0 Å². The Balaban J connectivity index is 1.25. The lowest BCUT2D eigenvalue weighted by atomic mass is 10.1. The van der Waals surface area contributed by atoms with Crippen molar-refractivity contribution in [2.24, 2.45) is 0 Å². The summed E-state index contributed by atoms with van der Waals surface area (Å²) in [5.41, 5.74) is 0.953. The van der Waals surface area contributed by atoms with Crippen LogP contribution in [0.2, 0.25) is 0 Å². The molecule has 6 nitrogen and oxygen atoms in total. The van der Waals surface area contributed by atoms with Gasteiger partial charge in [0.25, 0.3) is 5.91 Å². The first-order chi connectivity index (χ1) is 14.2. The Bertz CT molecular complexity index is 975. The maximum Gasteiger partial charge on any atom is 0.258 e. The topological polar surface area (TPSA) is 63.7 Å². The molecule has 1 saturated heterocycles. The number of fused-ring (bicyclic) bond motifs is 1. The number of nitrogens with one attached hydrogen (secondary N) is 1. The first-order valence-electron chi connectivity index (χ1n) is 9.87. The number of carbonyl (C=O) groups is 1. The predicted molar refractivity (Wildman–Crippen MR) is 113 cm³/mol. The summed E-state index contributed by atoms with van der Waals surface area (Å²) in [6.07, 6.45) is 2.02. The summed E-state index contributed by atoms with van der Waals surface area (Å²) < 4.78 is 11.2. The van der Waals surface area contributed by atoms with Crippen LogP contribution in [0.3, 0.4) is 0 Å². The number of ether oxygens (including phenoxy) is 2. The maximum absolute atomic E-state index is 12.1. The minimum atomic E-state index is -0.163. The molecule has 0 bridgehead atoms. The van der Waals surface area contributed by atoms with Gasteiger partial charge in [0.05, 0.1) is 12.7 Å². The molecule has 4 rings (SSSR count). The second-order valence-electron chi connectivity index (χ2n) is 7.23. The summed E-state index contributed by atoms with van der Waals surface area (Å²) in [5, 5.41) is 5.11. The average Bonchev–Trinajstić information content (AvgIpc) is 2.76. The lowest BCUT2D eigenvalue weighted by molar-refractivity contribution is -0.123. The van der Waals surface area contributed by atoms with Crippen molar-refractivity contribution in [1.82, 2.24) is 10.3 Å². The normalized spacial score (nSPS) is 16.6. The number of hydrogen-bond acceptors (Lipinski definition) is 5. The molecule has 1 amide bonds. The molecule has 1 unspecified atom stereocenters. The molecular weight excluding hydrogens is 366 g/mol. The Morgan fingerprint density at radius 3 is 2.86 bits per heavy atom. The van der Waals surface area contributed by atoms with Gasteiger partial charge in [-0.3, -0.25) is 4.79 Å². The van der Waals surface area contributed by atoms with Gasteiger partial charge in [0, 0.05) is 25.8 Å². The van der Waals surface area contributed by atoms with Crippen molar-refractivity contribution in [3.8, 4) is 5.75 Å². The molecule has 0 spiro atoms. The number of anilines is 1. The predicted octanol–water partition coefficient (Wildman–Crippen LogP) is 3.16. The van der Waals surface area contributed by atoms with E-state index in [1.165, 1.54) is 0 Å².